The Morgan fingerprint density at radius 2 is 1.81 bits per heavy atom. The number of anilines is 2. The SMILES string of the molecule is COc1cccc(N2CC[NH+]([C@H](C)C(=O)N(C)c3ccccc3)CC2)c1. The number of amides is 1. The van der Waals surface area contributed by atoms with Crippen molar-refractivity contribution in [2.24, 2.45) is 0 Å². The first-order valence-electron chi connectivity index (χ1n) is 9.16. The summed E-state index contributed by atoms with van der Waals surface area (Å²) in [6, 6.07) is 18.0. The molecule has 0 bridgehead atoms. The number of likely N-dealkylation sites (N-methyl/N-ethyl adjacent to an activating group) is 1. The fourth-order valence-corrected chi connectivity index (χ4v) is 3.54. The van der Waals surface area contributed by atoms with Gasteiger partial charge >= 0.3 is 0 Å². The van der Waals surface area contributed by atoms with Gasteiger partial charge < -0.3 is 19.4 Å². The molecular formula is C21H28N3O2+. The van der Waals surface area contributed by atoms with E-state index in [9.17, 15) is 4.79 Å². The van der Waals surface area contributed by atoms with Gasteiger partial charge in [-0.25, -0.2) is 0 Å². The molecule has 3 rings (SSSR count). The molecule has 0 radical (unpaired) electrons. The summed E-state index contributed by atoms with van der Waals surface area (Å²) in [7, 11) is 3.55. The molecule has 2 aromatic carbocycles. The number of carbonyl (C=O) groups excluding carboxylic acids is 1. The van der Waals surface area contributed by atoms with Gasteiger partial charge in [-0.3, -0.25) is 4.79 Å². The Balaban J connectivity index is 1.59. The summed E-state index contributed by atoms with van der Waals surface area (Å²) in [5.74, 6) is 1.05. The van der Waals surface area contributed by atoms with E-state index < -0.39 is 0 Å². The molecule has 2 aromatic rings. The third kappa shape index (κ3) is 3.99. The van der Waals surface area contributed by atoms with Crippen LogP contribution in [-0.2, 0) is 4.79 Å². The van der Waals surface area contributed by atoms with Gasteiger partial charge in [0.1, 0.15) is 5.75 Å². The molecule has 1 N–H and O–H groups in total. The standard InChI is InChI=1S/C21H27N3O2/c1-17(21(25)22(2)18-8-5-4-6-9-18)23-12-14-24(15-13-23)19-10-7-11-20(16-19)26-3/h4-11,16-17H,12-15H2,1-3H3/p+1/t17-/m1/s1. The molecule has 0 unspecified atom stereocenters. The second-order valence-corrected chi connectivity index (χ2v) is 6.80. The molecule has 1 amide bonds. The van der Waals surface area contributed by atoms with Crippen molar-refractivity contribution in [1.29, 1.82) is 0 Å². The Bertz CT molecular complexity index is 727. The summed E-state index contributed by atoms with van der Waals surface area (Å²) in [6.45, 7) is 5.82. The minimum Gasteiger partial charge on any atom is -0.497 e. The summed E-state index contributed by atoms with van der Waals surface area (Å²) in [6.07, 6.45) is 0. The summed E-state index contributed by atoms with van der Waals surface area (Å²) < 4.78 is 5.32. The number of benzene rings is 2. The number of piperazine rings is 1. The Hall–Kier alpha value is -2.53. The Morgan fingerprint density at radius 1 is 1.12 bits per heavy atom. The summed E-state index contributed by atoms with van der Waals surface area (Å²) in [5.41, 5.74) is 2.13. The number of ether oxygens (including phenoxy) is 1. The topological polar surface area (TPSA) is 37.2 Å². The van der Waals surface area contributed by atoms with Crippen LogP contribution in [0, 0.1) is 0 Å². The number of nitrogens with zero attached hydrogens (tertiary/aromatic N) is 2. The zero-order valence-electron chi connectivity index (χ0n) is 15.8. The van der Waals surface area contributed by atoms with Gasteiger partial charge in [0.25, 0.3) is 5.91 Å². The molecule has 5 nitrogen and oxygen atoms in total. The van der Waals surface area contributed by atoms with Gasteiger partial charge in [-0.15, -0.1) is 0 Å². The molecule has 1 aliphatic heterocycles. The van der Waals surface area contributed by atoms with Crippen molar-refractivity contribution in [3.8, 4) is 5.75 Å². The summed E-state index contributed by atoms with van der Waals surface area (Å²) in [5, 5.41) is 0. The van der Waals surface area contributed by atoms with Crippen LogP contribution in [-0.4, -0.2) is 52.3 Å². The minimum absolute atomic E-state index is 0.0485. The smallest absolute Gasteiger partial charge is 0.284 e. The van der Waals surface area contributed by atoms with Gasteiger partial charge in [-0.05, 0) is 31.2 Å². The summed E-state index contributed by atoms with van der Waals surface area (Å²) in [4.78, 5) is 18.3. The van der Waals surface area contributed by atoms with Crippen molar-refractivity contribution in [2.75, 3.05) is 50.1 Å². The van der Waals surface area contributed by atoms with E-state index in [2.05, 4.69) is 17.0 Å². The first kappa shape index (κ1) is 18.3. The largest absolute Gasteiger partial charge is 0.497 e. The van der Waals surface area contributed by atoms with Crippen LogP contribution in [0.15, 0.2) is 54.6 Å². The molecule has 1 aliphatic rings. The lowest BCUT2D eigenvalue weighted by Crippen LogP contribution is -3.19. The number of nitrogens with one attached hydrogen (secondary N) is 1. The number of carbonyl (C=O) groups is 1. The maximum Gasteiger partial charge on any atom is 0.284 e. The fraction of sp³-hybridized carbons (Fsp3) is 0.381. The Labute approximate surface area is 155 Å². The van der Waals surface area contributed by atoms with E-state index in [1.165, 1.54) is 10.6 Å². The molecule has 5 heteroatoms. The third-order valence-electron chi connectivity index (χ3n) is 5.28. The molecular weight excluding hydrogens is 326 g/mol. The Kier molecular flexibility index (Phi) is 5.78. The lowest BCUT2D eigenvalue weighted by atomic mass is 10.1. The van der Waals surface area contributed by atoms with Crippen LogP contribution >= 0.6 is 0 Å². The average molecular weight is 354 g/mol. The van der Waals surface area contributed by atoms with Gasteiger partial charge in [0.15, 0.2) is 6.04 Å². The number of para-hydroxylation sites is 1. The van der Waals surface area contributed by atoms with Crippen LogP contribution in [0.5, 0.6) is 5.75 Å². The molecule has 0 aromatic heterocycles. The van der Waals surface area contributed by atoms with Crippen molar-refractivity contribution in [3.63, 3.8) is 0 Å². The highest BCUT2D eigenvalue weighted by Gasteiger charge is 2.31. The molecule has 1 heterocycles. The van der Waals surface area contributed by atoms with Crippen LogP contribution < -0.4 is 19.4 Å². The first-order valence-corrected chi connectivity index (χ1v) is 9.16. The molecule has 0 saturated carbocycles. The van der Waals surface area contributed by atoms with Crippen molar-refractivity contribution in [1.82, 2.24) is 0 Å². The lowest BCUT2D eigenvalue weighted by Gasteiger charge is -2.37. The lowest BCUT2D eigenvalue weighted by molar-refractivity contribution is -0.914. The zero-order chi connectivity index (χ0) is 18.5. The van der Waals surface area contributed by atoms with Crippen LogP contribution in [0.4, 0.5) is 11.4 Å². The second-order valence-electron chi connectivity index (χ2n) is 6.80. The average Bonchev–Trinajstić information content (AvgIpc) is 2.73. The number of hydrogen-bond acceptors (Lipinski definition) is 3. The molecule has 138 valence electrons. The number of quaternary nitrogens is 1. The van der Waals surface area contributed by atoms with E-state index >= 15 is 0 Å². The summed E-state index contributed by atoms with van der Waals surface area (Å²) >= 11 is 0. The normalized spacial score (nSPS) is 16.2. The predicted molar refractivity (Wildman–Crippen MR) is 105 cm³/mol. The first-order chi connectivity index (χ1) is 12.6. The van der Waals surface area contributed by atoms with Gasteiger partial charge in [0.2, 0.25) is 0 Å². The minimum atomic E-state index is -0.0485. The number of rotatable bonds is 5. The van der Waals surface area contributed by atoms with E-state index in [1.54, 1.807) is 12.0 Å². The number of hydrogen-bond donors (Lipinski definition) is 1. The van der Waals surface area contributed by atoms with Crippen molar-refractivity contribution in [3.05, 3.63) is 54.6 Å². The molecule has 1 atom stereocenters. The predicted octanol–water partition coefficient (Wildman–Crippen LogP) is 1.45. The van der Waals surface area contributed by atoms with Crippen LogP contribution in [0.3, 0.4) is 0 Å². The van der Waals surface area contributed by atoms with E-state index in [4.69, 9.17) is 4.74 Å². The zero-order valence-corrected chi connectivity index (χ0v) is 15.8. The van der Waals surface area contributed by atoms with E-state index in [0.717, 1.165) is 37.6 Å². The monoisotopic (exact) mass is 354 g/mol. The molecule has 0 spiro atoms. The van der Waals surface area contributed by atoms with E-state index in [1.807, 2.05) is 56.4 Å². The van der Waals surface area contributed by atoms with Crippen molar-refractivity contribution >= 4 is 17.3 Å². The van der Waals surface area contributed by atoms with E-state index in [-0.39, 0.29) is 11.9 Å². The molecule has 1 saturated heterocycles. The van der Waals surface area contributed by atoms with Crippen molar-refractivity contribution < 1.29 is 14.4 Å². The third-order valence-corrected chi connectivity index (χ3v) is 5.28. The second kappa shape index (κ2) is 8.23. The quantitative estimate of drug-likeness (QED) is 0.883. The highest BCUT2D eigenvalue weighted by molar-refractivity contribution is 5.95. The molecule has 0 aliphatic carbocycles. The van der Waals surface area contributed by atoms with Crippen LogP contribution in [0.25, 0.3) is 0 Å². The van der Waals surface area contributed by atoms with Gasteiger partial charge in [-0.2, -0.15) is 0 Å². The van der Waals surface area contributed by atoms with Crippen LogP contribution in [0.2, 0.25) is 0 Å². The maximum atomic E-state index is 12.9. The van der Waals surface area contributed by atoms with Gasteiger partial charge in [0.05, 0.1) is 33.3 Å². The Morgan fingerprint density at radius 3 is 2.46 bits per heavy atom. The fourth-order valence-electron chi connectivity index (χ4n) is 3.54. The molecule has 26 heavy (non-hydrogen) atoms. The highest BCUT2D eigenvalue weighted by atomic mass is 16.5. The van der Waals surface area contributed by atoms with E-state index in [0.29, 0.717) is 0 Å². The number of methoxy groups -OCH3 is 1. The van der Waals surface area contributed by atoms with Crippen molar-refractivity contribution in [2.45, 2.75) is 13.0 Å². The van der Waals surface area contributed by atoms with Gasteiger partial charge in [-0.1, -0.05) is 24.3 Å². The molecule has 1 fully saturated rings. The van der Waals surface area contributed by atoms with Crippen LogP contribution in [0.1, 0.15) is 6.92 Å². The highest BCUT2D eigenvalue weighted by Crippen LogP contribution is 2.20. The van der Waals surface area contributed by atoms with Gasteiger partial charge in [0, 0.05) is 24.5 Å². The maximum absolute atomic E-state index is 12.9.